The summed E-state index contributed by atoms with van der Waals surface area (Å²) in [5.74, 6) is -0.153. The fourth-order valence-corrected chi connectivity index (χ4v) is 3.72. The van der Waals surface area contributed by atoms with Gasteiger partial charge in [0.2, 0.25) is 0 Å². The third-order valence-corrected chi connectivity index (χ3v) is 5.19. The number of aryl methyl sites for hydroxylation is 1. The maximum Gasteiger partial charge on any atom is 0.317 e. The van der Waals surface area contributed by atoms with Crippen molar-refractivity contribution in [2.24, 2.45) is 0 Å². The molecule has 0 radical (unpaired) electrons. The van der Waals surface area contributed by atoms with Gasteiger partial charge in [-0.1, -0.05) is 12.1 Å². The van der Waals surface area contributed by atoms with Crippen molar-refractivity contribution in [3.8, 4) is 0 Å². The van der Waals surface area contributed by atoms with Crippen LogP contribution in [0.25, 0.3) is 0 Å². The van der Waals surface area contributed by atoms with Crippen molar-refractivity contribution < 1.29 is 9.18 Å². The minimum Gasteiger partial charge on any atom is -0.336 e. The molecule has 2 amide bonds. The van der Waals surface area contributed by atoms with E-state index in [4.69, 9.17) is 0 Å². The predicted molar refractivity (Wildman–Crippen MR) is 88.9 cm³/mol. The Morgan fingerprint density at radius 3 is 2.74 bits per heavy atom. The Kier molecular flexibility index (Phi) is 5.16. The monoisotopic (exact) mass is 319 g/mol. The Hall–Kier alpha value is -1.62. The van der Waals surface area contributed by atoms with Gasteiger partial charge in [-0.05, 0) is 50.3 Å². The number of urea groups is 1. The molecule has 2 saturated heterocycles. The molecule has 0 spiro atoms. The normalized spacial score (nSPS) is 21.5. The molecule has 0 aromatic heterocycles. The van der Waals surface area contributed by atoms with E-state index < -0.39 is 0 Å². The first-order valence-electron chi connectivity index (χ1n) is 8.66. The summed E-state index contributed by atoms with van der Waals surface area (Å²) in [6.45, 7) is 5.96. The van der Waals surface area contributed by atoms with Crippen molar-refractivity contribution in [2.75, 3.05) is 26.2 Å². The van der Waals surface area contributed by atoms with Crippen LogP contribution in [0.4, 0.5) is 9.18 Å². The van der Waals surface area contributed by atoms with Gasteiger partial charge in [0.1, 0.15) is 5.82 Å². The number of benzene rings is 1. The average Bonchev–Trinajstić information content (AvgIpc) is 2.99. The number of hydrogen-bond donors (Lipinski definition) is 1. The molecule has 1 atom stereocenters. The van der Waals surface area contributed by atoms with E-state index in [0.717, 1.165) is 57.4 Å². The van der Waals surface area contributed by atoms with Gasteiger partial charge in [-0.2, -0.15) is 0 Å². The summed E-state index contributed by atoms with van der Waals surface area (Å²) in [5, 5.41) is 2.89. The summed E-state index contributed by atoms with van der Waals surface area (Å²) < 4.78 is 13.2. The minimum absolute atomic E-state index is 0.0996. The Balaban J connectivity index is 1.44. The van der Waals surface area contributed by atoms with E-state index in [9.17, 15) is 9.18 Å². The lowest BCUT2D eigenvalue weighted by atomic mass is 9.99. The molecule has 0 aliphatic carbocycles. The highest BCUT2D eigenvalue weighted by atomic mass is 19.1. The number of nitrogens with zero attached hydrogens (tertiary/aromatic N) is 2. The fourth-order valence-electron chi connectivity index (χ4n) is 3.72. The standard InChI is InChI=1S/C18H26FN3O/c1-14(5-6-15-3-2-4-16(19)13-15)21-10-7-17(8-11-21)22-12-9-20-18(22)23/h2-4,13-14,17H,5-12H2,1H3,(H,20,23)/t14-/m0/s1. The highest BCUT2D eigenvalue weighted by Gasteiger charge is 2.31. The van der Waals surface area contributed by atoms with Crippen LogP contribution in [0.1, 0.15) is 31.7 Å². The second kappa shape index (κ2) is 7.30. The average molecular weight is 319 g/mol. The molecule has 2 aliphatic heterocycles. The third-order valence-electron chi connectivity index (χ3n) is 5.19. The molecule has 0 bridgehead atoms. The molecule has 23 heavy (non-hydrogen) atoms. The summed E-state index contributed by atoms with van der Waals surface area (Å²) in [6.07, 6.45) is 4.06. The van der Waals surface area contributed by atoms with Gasteiger partial charge in [0, 0.05) is 38.3 Å². The summed E-state index contributed by atoms with van der Waals surface area (Å²) in [7, 11) is 0. The number of carbonyl (C=O) groups is 1. The first-order chi connectivity index (χ1) is 11.1. The minimum atomic E-state index is -0.153. The third kappa shape index (κ3) is 4.02. The van der Waals surface area contributed by atoms with E-state index in [1.54, 1.807) is 12.1 Å². The molecule has 1 aromatic rings. The van der Waals surface area contributed by atoms with Gasteiger partial charge >= 0.3 is 6.03 Å². The highest BCUT2D eigenvalue weighted by molar-refractivity contribution is 5.76. The molecule has 1 N–H and O–H groups in total. The number of nitrogens with one attached hydrogen (secondary N) is 1. The van der Waals surface area contributed by atoms with Crippen LogP contribution in [0, 0.1) is 5.82 Å². The lowest BCUT2D eigenvalue weighted by Gasteiger charge is -2.39. The topological polar surface area (TPSA) is 35.6 Å². The summed E-state index contributed by atoms with van der Waals surface area (Å²) in [6, 6.07) is 7.88. The molecule has 2 fully saturated rings. The molecule has 2 heterocycles. The van der Waals surface area contributed by atoms with Crippen molar-refractivity contribution in [2.45, 2.75) is 44.7 Å². The zero-order chi connectivity index (χ0) is 16.2. The molecule has 1 aromatic carbocycles. The van der Waals surface area contributed by atoms with Crippen LogP contribution in [0.15, 0.2) is 24.3 Å². The predicted octanol–water partition coefficient (Wildman–Crippen LogP) is 2.64. The summed E-state index contributed by atoms with van der Waals surface area (Å²) >= 11 is 0. The molecule has 5 heteroatoms. The molecular formula is C18H26FN3O. The largest absolute Gasteiger partial charge is 0.336 e. The Bertz CT molecular complexity index is 543. The first kappa shape index (κ1) is 16.2. The number of amides is 2. The Morgan fingerprint density at radius 2 is 2.09 bits per heavy atom. The van der Waals surface area contributed by atoms with E-state index >= 15 is 0 Å². The van der Waals surface area contributed by atoms with Gasteiger partial charge in [0.05, 0.1) is 0 Å². The van der Waals surface area contributed by atoms with Gasteiger partial charge in [-0.15, -0.1) is 0 Å². The molecule has 126 valence electrons. The van der Waals surface area contributed by atoms with Crippen molar-refractivity contribution in [1.82, 2.24) is 15.1 Å². The number of likely N-dealkylation sites (tertiary alicyclic amines) is 1. The van der Waals surface area contributed by atoms with E-state index in [2.05, 4.69) is 17.1 Å². The van der Waals surface area contributed by atoms with Crippen LogP contribution < -0.4 is 5.32 Å². The summed E-state index contributed by atoms with van der Waals surface area (Å²) in [5.41, 5.74) is 1.07. The van der Waals surface area contributed by atoms with Crippen molar-refractivity contribution in [3.63, 3.8) is 0 Å². The summed E-state index contributed by atoms with van der Waals surface area (Å²) in [4.78, 5) is 16.2. The number of rotatable bonds is 5. The quantitative estimate of drug-likeness (QED) is 0.905. The van der Waals surface area contributed by atoms with Crippen LogP contribution in [0.3, 0.4) is 0 Å². The van der Waals surface area contributed by atoms with Crippen molar-refractivity contribution >= 4 is 6.03 Å². The van der Waals surface area contributed by atoms with Crippen molar-refractivity contribution in [1.29, 1.82) is 0 Å². The smallest absolute Gasteiger partial charge is 0.317 e. The first-order valence-corrected chi connectivity index (χ1v) is 8.66. The number of carbonyl (C=O) groups excluding carboxylic acids is 1. The van der Waals surface area contributed by atoms with Gasteiger partial charge in [0.25, 0.3) is 0 Å². The van der Waals surface area contributed by atoms with Crippen LogP contribution in [0.2, 0.25) is 0 Å². The van der Waals surface area contributed by atoms with Crippen LogP contribution in [-0.4, -0.2) is 54.1 Å². The zero-order valence-corrected chi connectivity index (χ0v) is 13.8. The SMILES string of the molecule is C[C@@H](CCc1cccc(F)c1)N1CCC(N2CCNC2=O)CC1. The fraction of sp³-hybridized carbons (Fsp3) is 0.611. The number of halogens is 1. The highest BCUT2D eigenvalue weighted by Crippen LogP contribution is 2.21. The number of hydrogen-bond acceptors (Lipinski definition) is 2. The zero-order valence-electron chi connectivity index (χ0n) is 13.8. The van der Waals surface area contributed by atoms with E-state index in [-0.39, 0.29) is 11.8 Å². The van der Waals surface area contributed by atoms with E-state index in [0.29, 0.717) is 12.1 Å². The molecule has 3 rings (SSSR count). The van der Waals surface area contributed by atoms with E-state index in [1.165, 1.54) is 6.07 Å². The van der Waals surface area contributed by atoms with Gasteiger partial charge in [-0.25, -0.2) is 9.18 Å². The molecule has 0 saturated carbocycles. The lowest BCUT2D eigenvalue weighted by molar-refractivity contribution is 0.108. The van der Waals surface area contributed by atoms with Crippen LogP contribution >= 0.6 is 0 Å². The second-order valence-corrected chi connectivity index (χ2v) is 6.71. The molecular weight excluding hydrogens is 293 g/mol. The van der Waals surface area contributed by atoms with Crippen LogP contribution in [0.5, 0.6) is 0 Å². The Labute approximate surface area is 137 Å². The maximum atomic E-state index is 13.2. The van der Waals surface area contributed by atoms with Gasteiger partial charge in [0.15, 0.2) is 0 Å². The van der Waals surface area contributed by atoms with Crippen LogP contribution in [-0.2, 0) is 6.42 Å². The molecule has 2 aliphatic rings. The lowest BCUT2D eigenvalue weighted by Crippen LogP contribution is -2.48. The van der Waals surface area contributed by atoms with Gasteiger partial charge in [-0.3, -0.25) is 0 Å². The maximum absolute atomic E-state index is 13.2. The van der Waals surface area contributed by atoms with Crippen molar-refractivity contribution in [3.05, 3.63) is 35.6 Å². The second-order valence-electron chi connectivity index (χ2n) is 6.71. The number of piperidine rings is 1. The van der Waals surface area contributed by atoms with Gasteiger partial charge < -0.3 is 15.1 Å². The Morgan fingerprint density at radius 1 is 1.30 bits per heavy atom. The molecule has 0 unspecified atom stereocenters. The van der Waals surface area contributed by atoms with E-state index in [1.807, 2.05) is 11.0 Å². The molecule has 4 nitrogen and oxygen atoms in total.